The molecule has 1 aromatic carbocycles. The molecule has 0 fully saturated rings. The first-order valence-corrected chi connectivity index (χ1v) is 8.86. The van der Waals surface area contributed by atoms with E-state index in [4.69, 9.17) is 0 Å². The van der Waals surface area contributed by atoms with Crippen LogP contribution in [0.25, 0.3) is 0 Å². The third-order valence-corrected chi connectivity index (χ3v) is 5.75. The molecule has 114 valence electrons. The third kappa shape index (κ3) is 2.54. The number of hydrogen-bond donors (Lipinski definition) is 1. The maximum atomic E-state index is 12.7. The Labute approximate surface area is 134 Å². The van der Waals surface area contributed by atoms with Crippen molar-refractivity contribution in [2.75, 3.05) is 5.75 Å². The highest BCUT2D eigenvalue weighted by Gasteiger charge is 2.29. The van der Waals surface area contributed by atoms with Gasteiger partial charge in [0.15, 0.2) is 0 Å². The van der Waals surface area contributed by atoms with Gasteiger partial charge in [0.2, 0.25) is 5.91 Å². The largest absolute Gasteiger partial charge is 0.350 e. The van der Waals surface area contributed by atoms with Crippen molar-refractivity contribution >= 4 is 17.7 Å². The van der Waals surface area contributed by atoms with Gasteiger partial charge in [-0.3, -0.25) is 4.79 Å². The first-order chi connectivity index (χ1) is 10.8. The van der Waals surface area contributed by atoms with E-state index < -0.39 is 0 Å². The number of rotatable bonds is 2. The number of amides is 1. The molecule has 2 aliphatic rings. The lowest BCUT2D eigenvalue weighted by Gasteiger charge is -2.29. The van der Waals surface area contributed by atoms with Gasteiger partial charge in [-0.25, -0.2) is 4.98 Å². The van der Waals surface area contributed by atoms with Crippen molar-refractivity contribution in [2.24, 2.45) is 0 Å². The summed E-state index contributed by atoms with van der Waals surface area (Å²) in [5, 5.41) is 3.19. The summed E-state index contributed by atoms with van der Waals surface area (Å²) in [4.78, 5) is 17.1. The Hall–Kier alpha value is -1.75. The van der Waals surface area contributed by atoms with E-state index >= 15 is 0 Å². The van der Waals surface area contributed by atoms with Crippen LogP contribution in [0.15, 0.2) is 36.7 Å². The summed E-state index contributed by atoms with van der Waals surface area (Å²) < 4.78 is 2.15. The molecule has 0 spiro atoms. The molecular formula is C17H19N3OS. The summed E-state index contributed by atoms with van der Waals surface area (Å²) in [5.41, 5.74) is 2.51. The van der Waals surface area contributed by atoms with Gasteiger partial charge in [0.25, 0.3) is 0 Å². The molecule has 0 unspecified atom stereocenters. The van der Waals surface area contributed by atoms with Gasteiger partial charge in [0.05, 0.1) is 0 Å². The van der Waals surface area contributed by atoms with E-state index in [-0.39, 0.29) is 17.2 Å². The van der Waals surface area contributed by atoms with E-state index in [2.05, 4.69) is 33.1 Å². The normalized spacial score (nSPS) is 23.5. The Kier molecular flexibility index (Phi) is 3.66. The van der Waals surface area contributed by atoms with Crippen molar-refractivity contribution in [1.82, 2.24) is 14.9 Å². The second kappa shape index (κ2) is 5.80. The zero-order valence-electron chi connectivity index (χ0n) is 12.4. The number of thioether (sulfide) groups is 1. The van der Waals surface area contributed by atoms with E-state index in [0.29, 0.717) is 0 Å². The third-order valence-electron chi connectivity index (χ3n) is 4.51. The minimum atomic E-state index is -0.0610. The fourth-order valence-corrected chi connectivity index (χ4v) is 4.57. The zero-order chi connectivity index (χ0) is 14.9. The molecule has 0 aliphatic carbocycles. The van der Waals surface area contributed by atoms with Crippen LogP contribution in [0, 0.1) is 0 Å². The second-order valence-corrected chi connectivity index (χ2v) is 7.15. The average molecular weight is 313 g/mol. The molecule has 1 aromatic heterocycles. The number of carbonyl (C=O) groups excluding carboxylic acids is 1. The molecule has 0 saturated heterocycles. The minimum Gasteiger partial charge on any atom is -0.350 e. The quantitative estimate of drug-likeness (QED) is 0.926. The maximum absolute atomic E-state index is 12.7. The highest BCUT2D eigenvalue weighted by Crippen LogP contribution is 2.36. The molecule has 5 heteroatoms. The number of nitrogens with one attached hydrogen (secondary N) is 1. The summed E-state index contributed by atoms with van der Waals surface area (Å²) >= 11 is 1.76. The summed E-state index contributed by atoms with van der Waals surface area (Å²) in [6.07, 6.45) is 6.81. The van der Waals surface area contributed by atoms with Crippen LogP contribution < -0.4 is 5.32 Å². The van der Waals surface area contributed by atoms with Gasteiger partial charge in [-0.05, 0) is 29.7 Å². The molecule has 2 aromatic rings. The number of benzene rings is 1. The Morgan fingerprint density at radius 1 is 1.32 bits per heavy atom. The number of fused-ring (bicyclic) bond motifs is 2. The van der Waals surface area contributed by atoms with Gasteiger partial charge in [-0.2, -0.15) is 0 Å². The van der Waals surface area contributed by atoms with Crippen molar-refractivity contribution in [2.45, 2.75) is 37.1 Å². The molecule has 0 saturated carbocycles. The standard InChI is InChI=1S/C17H19N3OS/c21-17(16-14-4-2-1-3-12(14)7-10-22-16)19-13-5-6-15-18-8-9-20(15)11-13/h1-4,8-9,13,16H,5-7,10-11H2,(H,19,21)/t13-,16+/m1/s1. The molecule has 2 atom stereocenters. The smallest absolute Gasteiger partial charge is 0.237 e. The van der Waals surface area contributed by atoms with Crippen molar-refractivity contribution in [3.05, 3.63) is 53.6 Å². The van der Waals surface area contributed by atoms with E-state index in [9.17, 15) is 4.79 Å². The summed E-state index contributed by atoms with van der Waals surface area (Å²) in [6.45, 7) is 0.833. The van der Waals surface area contributed by atoms with Crippen LogP contribution in [0.5, 0.6) is 0 Å². The van der Waals surface area contributed by atoms with Crippen LogP contribution in [-0.2, 0) is 24.2 Å². The molecule has 0 radical (unpaired) electrons. The Bertz CT molecular complexity index is 697. The topological polar surface area (TPSA) is 46.9 Å². The molecule has 0 bridgehead atoms. The Morgan fingerprint density at radius 2 is 2.23 bits per heavy atom. The summed E-state index contributed by atoms with van der Waals surface area (Å²) in [6, 6.07) is 8.55. The second-order valence-electron chi connectivity index (χ2n) is 5.94. The highest BCUT2D eigenvalue weighted by molar-refractivity contribution is 8.00. The molecule has 2 aliphatic heterocycles. The van der Waals surface area contributed by atoms with Gasteiger partial charge in [0.1, 0.15) is 11.1 Å². The van der Waals surface area contributed by atoms with E-state index in [0.717, 1.165) is 37.4 Å². The molecule has 1 N–H and O–H groups in total. The van der Waals surface area contributed by atoms with Crippen LogP contribution in [-0.4, -0.2) is 27.3 Å². The number of hydrogen-bond acceptors (Lipinski definition) is 3. The molecular weight excluding hydrogens is 294 g/mol. The Balaban J connectivity index is 1.47. The first-order valence-electron chi connectivity index (χ1n) is 7.81. The fraction of sp³-hybridized carbons (Fsp3) is 0.412. The predicted octanol–water partition coefficient (Wildman–Crippen LogP) is 2.34. The van der Waals surface area contributed by atoms with E-state index in [1.165, 1.54) is 11.1 Å². The first kappa shape index (κ1) is 13.9. The van der Waals surface area contributed by atoms with E-state index in [1.807, 2.05) is 18.5 Å². The number of nitrogens with zero attached hydrogens (tertiary/aromatic N) is 2. The van der Waals surface area contributed by atoms with Crippen molar-refractivity contribution in [3.8, 4) is 0 Å². The minimum absolute atomic E-state index is 0.0610. The van der Waals surface area contributed by atoms with Crippen LogP contribution >= 0.6 is 11.8 Å². The number of carbonyl (C=O) groups is 1. The average Bonchev–Trinajstić information content (AvgIpc) is 3.02. The van der Waals surface area contributed by atoms with Crippen LogP contribution in [0.1, 0.15) is 28.6 Å². The fourth-order valence-electron chi connectivity index (χ4n) is 3.37. The monoisotopic (exact) mass is 313 g/mol. The SMILES string of the molecule is O=C(N[C@@H]1CCc2nccn2C1)[C@H]1SCCc2ccccc21. The van der Waals surface area contributed by atoms with Crippen molar-refractivity contribution in [3.63, 3.8) is 0 Å². The molecule has 4 nitrogen and oxygen atoms in total. The van der Waals surface area contributed by atoms with Gasteiger partial charge >= 0.3 is 0 Å². The lowest BCUT2D eigenvalue weighted by atomic mass is 10.0. The summed E-state index contributed by atoms with van der Waals surface area (Å²) in [5.74, 6) is 2.31. The van der Waals surface area contributed by atoms with Gasteiger partial charge in [-0.15, -0.1) is 11.8 Å². The molecule has 3 heterocycles. The van der Waals surface area contributed by atoms with Crippen LogP contribution in [0.3, 0.4) is 0 Å². The van der Waals surface area contributed by atoms with Gasteiger partial charge in [-0.1, -0.05) is 24.3 Å². The van der Waals surface area contributed by atoms with Crippen LogP contribution in [0.2, 0.25) is 0 Å². The number of imidazole rings is 1. The maximum Gasteiger partial charge on any atom is 0.237 e. The number of aryl methyl sites for hydroxylation is 2. The lowest BCUT2D eigenvalue weighted by Crippen LogP contribution is -2.43. The van der Waals surface area contributed by atoms with Gasteiger partial charge in [0, 0.05) is 31.4 Å². The Morgan fingerprint density at radius 3 is 3.18 bits per heavy atom. The van der Waals surface area contributed by atoms with Crippen molar-refractivity contribution in [1.29, 1.82) is 0 Å². The van der Waals surface area contributed by atoms with Crippen molar-refractivity contribution < 1.29 is 4.79 Å². The zero-order valence-corrected chi connectivity index (χ0v) is 13.2. The summed E-state index contributed by atoms with van der Waals surface area (Å²) in [7, 11) is 0. The lowest BCUT2D eigenvalue weighted by molar-refractivity contribution is -0.121. The molecule has 1 amide bonds. The predicted molar refractivity (Wildman–Crippen MR) is 87.8 cm³/mol. The number of aromatic nitrogens is 2. The molecule has 4 rings (SSSR count). The van der Waals surface area contributed by atoms with Crippen LogP contribution in [0.4, 0.5) is 0 Å². The van der Waals surface area contributed by atoms with E-state index in [1.54, 1.807) is 11.8 Å². The molecule has 22 heavy (non-hydrogen) atoms. The van der Waals surface area contributed by atoms with Gasteiger partial charge < -0.3 is 9.88 Å². The highest BCUT2D eigenvalue weighted by atomic mass is 32.2.